The maximum Gasteiger partial charge on any atom is 0.271 e. The van der Waals surface area contributed by atoms with Crippen LogP contribution in [0.15, 0.2) is 18.3 Å². The summed E-state index contributed by atoms with van der Waals surface area (Å²) in [5.41, 5.74) is 2.71. The molecule has 0 fully saturated rings. The zero-order valence-corrected chi connectivity index (χ0v) is 7.28. The molecule has 1 heterocycles. The number of carbonyl (C=O) groups excluding carboxylic acids is 1. The second-order valence-electron chi connectivity index (χ2n) is 2.44. The molecule has 0 unspecified atom stereocenters. The number of carbonyl (C=O) groups is 1. The summed E-state index contributed by atoms with van der Waals surface area (Å²) in [6, 6.07) is 3.48. The first kappa shape index (κ1) is 9.47. The number of nitrogens with two attached hydrogens (primary N) is 1. The Bertz CT molecular complexity index is 301. The van der Waals surface area contributed by atoms with Crippen molar-refractivity contribution in [1.82, 2.24) is 10.4 Å². The topological polar surface area (TPSA) is 77.2 Å². The van der Waals surface area contributed by atoms with Crippen molar-refractivity contribution in [2.24, 2.45) is 5.84 Å². The van der Waals surface area contributed by atoms with Crippen LogP contribution in [-0.4, -0.2) is 17.5 Å². The molecule has 5 nitrogen and oxygen atoms in total. The van der Waals surface area contributed by atoms with Gasteiger partial charge >= 0.3 is 0 Å². The highest BCUT2D eigenvalue weighted by molar-refractivity contribution is 5.76. The van der Waals surface area contributed by atoms with Crippen molar-refractivity contribution in [3.8, 4) is 5.75 Å². The predicted octanol–water partition coefficient (Wildman–Crippen LogP) is -0.241. The number of nitrogens with one attached hydrogen (secondary N) is 1. The highest BCUT2D eigenvalue weighted by Gasteiger charge is 2.02. The molecule has 1 amide bonds. The molecular weight excluding hydrogens is 170 g/mol. The van der Waals surface area contributed by atoms with Crippen LogP contribution in [0.3, 0.4) is 0 Å². The van der Waals surface area contributed by atoms with E-state index in [4.69, 9.17) is 10.6 Å². The average molecular weight is 181 g/mol. The van der Waals surface area contributed by atoms with Crippen LogP contribution in [0.2, 0.25) is 0 Å². The van der Waals surface area contributed by atoms with E-state index in [2.05, 4.69) is 4.98 Å². The molecule has 0 bridgehead atoms. The van der Waals surface area contributed by atoms with Crippen molar-refractivity contribution in [2.45, 2.75) is 6.92 Å². The minimum atomic E-state index is -0.372. The van der Waals surface area contributed by atoms with E-state index < -0.39 is 0 Å². The molecule has 0 spiro atoms. The van der Waals surface area contributed by atoms with Crippen LogP contribution in [0.1, 0.15) is 5.69 Å². The lowest BCUT2D eigenvalue weighted by Crippen LogP contribution is -2.34. The van der Waals surface area contributed by atoms with Gasteiger partial charge in [0.05, 0.1) is 5.69 Å². The first-order valence-electron chi connectivity index (χ1n) is 3.78. The van der Waals surface area contributed by atoms with Gasteiger partial charge in [0.15, 0.2) is 6.61 Å². The Morgan fingerprint density at radius 1 is 1.77 bits per heavy atom. The second-order valence-corrected chi connectivity index (χ2v) is 2.44. The molecule has 5 heteroatoms. The summed E-state index contributed by atoms with van der Waals surface area (Å²) in [4.78, 5) is 14.7. The molecule has 1 aromatic rings. The van der Waals surface area contributed by atoms with Gasteiger partial charge in [0, 0.05) is 6.20 Å². The molecule has 0 saturated heterocycles. The van der Waals surface area contributed by atoms with Crippen LogP contribution in [-0.2, 0) is 4.79 Å². The molecule has 3 N–H and O–H groups in total. The summed E-state index contributed by atoms with van der Waals surface area (Å²) in [7, 11) is 0. The van der Waals surface area contributed by atoms with Crippen molar-refractivity contribution in [2.75, 3.05) is 6.61 Å². The van der Waals surface area contributed by atoms with Gasteiger partial charge in [0.25, 0.3) is 5.91 Å². The Morgan fingerprint density at radius 3 is 3.15 bits per heavy atom. The molecular formula is C8H11N3O2. The Balaban J connectivity index is 2.54. The number of aromatic nitrogens is 1. The maximum atomic E-state index is 10.7. The van der Waals surface area contributed by atoms with E-state index in [0.717, 1.165) is 5.69 Å². The smallest absolute Gasteiger partial charge is 0.271 e. The average Bonchev–Trinajstić information content (AvgIpc) is 2.16. The van der Waals surface area contributed by atoms with Gasteiger partial charge in [0.1, 0.15) is 5.75 Å². The lowest BCUT2D eigenvalue weighted by Gasteiger charge is -2.06. The molecule has 0 aliphatic carbocycles. The van der Waals surface area contributed by atoms with E-state index in [1.165, 1.54) is 0 Å². The largest absolute Gasteiger partial charge is 0.482 e. The molecule has 0 aromatic carbocycles. The Hall–Kier alpha value is -1.62. The fourth-order valence-electron chi connectivity index (χ4n) is 0.807. The van der Waals surface area contributed by atoms with Crippen LogP contribution in [0, 0.1) is 6.92 Å². The minimum absolute atomic E-state index is 0.0942. The van der Waals surface area contributed by atoms with Gasteiger partial charge in [-0.3, -0.25) is 15.2 Å². The van der Waals surface area contributed by atoms with Gasteiger partial charge in [-0.1, -0.05) is 0 Å². The number of pyridine rings is 1. The van der Waals surface area contributed by atoms with E-state index in [0.29, 0.717) is 5.75 Å². The van der Waals surface area contributed by atoms with Crippen molar-refractivity contribution in [3.05, 3.63) is 24.0 Å². The summed E-state index contributed by atoms with van der Waals surface area (Å²) in [5.74, 6) is 5.10. The quantitative estimate of drug-likeness (QED) is 0.383. The third-order valence-electron chi connectivity index (χ3n) is 1.48. The number of rotatable bonds is 3. The fraction of sp³-hybridized carbons (Fsp3) is 0.250. The number of aryl methyl sites for hydroxylation is 1. The highest BCUT2D eigenvalue weighted by Crippen LogP contribution is 2.12. The molecule has 1 aromatic heterocycles. The van der Waals surface area contributed by atoms with Crippen LogP contribution >= 0.6 is 0 Å². The van der Waals surface area contributed by atoms with Gasteiger partial charge in [0.2, 0.25) is 0 Å². The molecule has 0 aliphatic rings. The molecule has 13 heavy (non-hydrogen) atoms. The van der Waals surface area contributed by atoms with E-state index in [9.17, 15) is 4.79 Å². The zero-order chi connectivity index (χ0) is 9.68. The van der Waals surface area contributed by atoms with E-state index in [1.807, 2.05) is 5.43 Å². The van der Waals surface area contributed by atoms with Crippen molar-refractivity contribution in [1.29, 1.82) is 0 Å². The molecule has 0 saturated carbocycles. The van der Waals surface area contributed by atoms with Crippen LogP contribution in [0.4, 0.5) is 0 Å². The van der Waals surface area contributed by atoms with Crippen molar-refractivity contribution in [3.63, 3.8) is 0 Å². The van der Waals surface area contributed by atoms with E-state index >= 15 is 0 Å². The summed E-state index contributed by atoms with van der Waals surface area (Å²) >= 11 is 0. The number of nitrogens with zero attached hydrogens (tertiary/aromatic N) is 1. The van der Waals surface area contributed by atoms with Crippen LogP contribution < -0.4 is 16.0 Å². The third-order valence-corrected chi connectivity index (χ3v) is 1.48. The fourth-order valence-corrected chi connectivity index (χ4v) is 0.807. The Kier molecular flexibility index (Phi) is 3.22. The Labute approximate surface area is 75.9 Å². The first-order chi connectivity index (χ1) is 6.24. The number of hydrogen-bond donors (Lipinski definition) is 2. The SMILES string of the molecule is Cc1ncccc1OCC(=O)NN. The molecule has 0 atom stereocenters. The molecule has 70 valence electrons. The lowest BCUT2D eigenvalue weighted by molar-refractivity contribution is -0.123. The van der Waals surface area contributed by atoms with Gasteiger partial charge < -0.3 is 4.74 Å². The van der Waals surface area contributed by atoms with Crippen LogP contribution in [0.5, 0.6) is 5.75 Å². The molecule has 0 radical (unpaired) electrons. The minimum Gasteiger partial charge on any atom is -0.482 e. The second kappa shape index (κ2) is 4.42. The normalized spacial score (nSPS) is 9.38. The van der Waals surface area contributed by atoms with Gasteiger partial charge in [-0.15, -0.1) is 0 Å². The van der Waals surface area contributed by atoms with Gasteiger partial charge in [-0.25, -0.2) is 5.84 Å². The summed E-state index contributed by atoms with van der Waals surface area (Å²) in [5, 5.41) is 0. The first-order valence-corrected chi connectivity index (χ1v) is 3.78. The molecule has 0 aliphatic heterocycles. The number of hydrazine groups is 1. The summed E-state index contributed by atoms with van der Waals surface area (Å²) in [6.45, 7) is 1.71. The molecule has 1 rings (SSSR count). The number of amides is 1. The number of hydrogen-bond acceptors (Lipinski definition) is 4. The van der Waals surface area contributed by atoms with E-state index in [-0.39, 0.29) is 12.5 Å². The van der Waals surface area contributed by atoms with Gasteiger partial charge in [-0.2, -0.15) is 0 Å². The standard InChI is InChI=1S/C8H11N3O2/c1-6-7(3-2-4-10-6)13-5-8(12)11-9/h2-4H,5,9H2,1H3,(H,11,12). The highest BCUT2D eigenvalue weighted by atomic mass is 16.5. The lowest BCUT2D eigenvalue weighted by atomic mass is 10.3. The van der Waals surface area contributed by atoms with Crippen molar-refractivity contribution >= 4 is 5.91 Å². The Morgan fingerprint density at radius 2 is 2.54 bits per heavy atom. The van der Waals surface area contributed by atoms with E-state index in [1.54, 1.807) is 25.3 Å². The van der Waals surface area contributed by atoms with Crippen molar-refractivity contribution < 1.29 is 9.53 Å². The maximum absolute atomic E-state index is 10.7. The number of ether oxygens (including phenoxy) is 1. The monoisotopic (exact) mass is 181 g/mol. The third kappa shape index (κ3) is 2.72. The summed E-state index contributed by atoms with van der Waals surface area (Å²) in [6.07, 6.45) is 1.66. The van der Waals surface area contributed by atoms with Gasteiger partial charge in [-0.05, 0) is 19.1 Å². The summed E-state index contributed by atoms with van der Waals surface area (Å²) < 4.78 is 5.13. The zero-order valence-electron chi connectivity index (χ0n) is 7.28. The predicted molar refractivity (Wildman–Crippen MR) is 46.8 cm³/mol. The van der Waals surface area contributed by atoms with Crippen LogP contribution in [0.25, 0.3) is 0 Å².